The number of amides is 1. The Balaban J connectivity index is 1.45. The molecule has 5 rings (SSSR count). The van der Waals surface area contributed by atoms with Crippen LogP contribution in [0.15, 0.2) is 65.7 Å². The number of H-pyrrole nitrogens is 1. The summed E-state index contributed by atoms with van der Waals surface area (Å²) in [7, 11) is -3.42. The lowest BCUT2D eigenvalue weighted by atomic mass is 10.0. The molecule has 168 valence electrons. The Bertz CT molecular complexity index is 1500. The molecule has 1 aliphatic rings. The van der Waals surface area contributed by atoms with E-state index < -0.39 is 9.84 Å². The minimum Gasteiger partial charge on any atom is -0.491 e. The second-order valence-electron chi connectivity index (χ2n) is 7.98. The molecule has 0 bridgehead atoms. The lowest BCUT2D eigenvalue weighted by Crippen LogP contribution is -2.32. The molecule has 3 aromatic carbocycles. The fourth-order valence-electron chi connectivity index (χ4n) is 3.93. The summed E-state index contributed by atoms with van der Waals surface area (Å²) in [5, 5.41) is 8.19. The van der Waals surface area contributed by atoms with Crippen molar-refractivity contribution in [2.24, 2.45) is 0 Å². The second kappa shape index (κ2) is 8.20. The normalized spacial score (nSPS) is 13.9. The highest BCUT2D eigenvalue weighted by Crippen LogP contribution is 2.31. The van der Waals surface area contributed by atoms with Crippen molar-refractivity contribution in [1.82, 2.24) is 15.1 Å². The van der Waals surface area contributed by atoms with Crippen LogP contribution in [0.2, 0.25) is 5.02 Å². The zero-order chi connectivity index (χ0) is 23.2. The van der Waals surface area contributed by atoms with Crippen molar-refractivity contribution in [2.75, 3.05) is 19.4 Å². The number of halogens is 1. The molecule has 1 N–H and O–H groups in total. The minimum absolute atomic E-state index is 0.0764. The molecule has 0 radical (unpaired) electrons. The van der Waals surface area contributed by atoms with Crippen LogP contribution in [-0.4, -0.2) is 48.8 Å². The molecule has 1 aromatic heterocycles. The first-order valence-electron chi connectivity index (χ1n) is 10.3. The van der Waals surface area contributed by atoms with Crippen LogP contribution in [-0.2, 0) is 16.4 Å². The molecule has 4 aromatic rings. The van der Waals surface area contributed by atoms with Gasteiger partial charge in [0.15, 0.2) is 9.84 Å². The molecular weight excluding hydrogens is 462 g/mol. The van der Waals surface area contributed by atoms with Gasteiger partial charge in [-0.05, 0) is 47.5 Å². The summed E-state index contributed by atoms with van der Waals surface area (Å²) in [6.07, 6.45) is 2.88. The summed E-state index contributed by atoms with van der Waals surface area (Å²) in [4.78, 5) is 15.0. The number of aromatic amines is 1. The molecule has 1 amide bonds. The maximum absolute atomic E-state index is 13.2. The number of hydrogen-bond donors (Lipinski definition) is 1. The van der Waals surface area contributed by atoms with Crippen molar-refractivity contribution in [1.29, 1.82) is 0 Å². The summed E-state index contributed by atoms with van der Waals surface area (Å²) in [6, 6.07) is 16.2. The number of nitrogens with zero attached hydrogens (tertiary/aromatic N) is 2. The fourth-order valence-corrected chi connectivity index (χ4v) is 4.91. The van der Waals surface area contributed by atoms with Gasteiger partial charge in [0, 0.05) is 23.8 Å². The predicted octanol–water partition coefficient (Wildman–Crippen LogP) is 4.32. The molecule has 0 saturated heterocycles. The van der Waals surface area contributed by atoms with Crippen LogP contribution < -0.4 is 4.74 Å². The summed E-state index contributed by atoms with van der Waals surface area (Å²) in [6.45, 7) is 1.07. The Morgan fingerprint density at radius 2 is 1.88 bits per heavy atom. The average Bonchev–Trinajstić information content (AvgIpc) is 3.15. The molecule has 2 heterocycles. The number of sulfone groups is 1. The minimum atomic E-state index is -3.42. The number of fused-ring (bicyclic) bond motifs is 2. The van der Waals surface area contributed by atoms with E-state index in [1.165, 1.54) is 18.2 Å². The van der Waals surface area contributed by atoms with Crippen LogP contribution in [0.3, 0.4) is 0 Å². The van der Waals surface area contributed by atoms with E-state index in [9.17, 15) is 13.2 Å². The maximum atomic E-state index is 13.2. The third kappa shape index (κ3) is 4.19. The number of rotatable bonds is 3. The highest BCUT2D eigenvalue weighted by Gasteiger charge is 2.24. The molecule has 0 atom stereocenters. The Labute approximate surface area is 195 Å². The van der Waals surface area contributed by atoms with Gasteiger partial charge in [-0.2, -0.15) is 5.10 Å². The van der Waals surface area contributed by atoms with Crippen molar-refractivity contribution >= 4 is 38.2 Å². The molecule has 7 nitrogen and oxygen atoms in total. The third-order valence-corrected chi connectivity index (χ3v) is 7.12. The number of nitrogens with one attached hydrogen (secondary N) is 1. The van der Waals surface area contributed by atoms with Gasteiger partial charge in [0.25, 0.3) is 5.91 Å². The summed E-state index contributed by atoms with van der Waals surface area (Å²) < 4.78 is 29.4. The van der Waals surface area contributed by atoms with E-state index in [1.807, 2.05) is 36.4 Å². The van der Waals surface area contributed by atoms with E-state index in [2.05, 4.69) is 10.2 Å². The van der Waals surface area contributed by atoms with E-state index >= 15 is 0 Å². The zero-order valence-electron chi connectivity index (χ0n) is 17.7. The van der Waals surface area contributed by atoms with Crippen LogP contribution in [0.25, 0.3) is 22.0 Å². The van der Waals surface area contributed by atoms with Crippen LogP contribution >= 0.6 is 11.6 Å². The third-order valence-electron chi connectivity index (χ3n) is 5.70. The number of aromatic nitrogens is 2. The lowest BCUT2D eigenvalue weighted by Gasteiger charge is -2.21. The Morgan fingerprint density at radius 3 is 2.67 bits per heavy atom. The molecule has 0 aliphatic carbocycles. The first-order chi connectivity index (χ1) is 15.8. The SMILES string of the molecule is CS(=O)(=O)c1ccc(C(=O)N2CCOc3ccc(-c4ccc5cn[nH]c5c4)cc3C2)c(Cl)c1. The van der Waals surface area contributed by atoms with Gasteiger partial charge in [-0.15, -0.1) is 0 Å². The van der Waals surface area contributed by atoms with Gasteiger partial charge in [0.05, 0.1) is 33.7 Å². The van der Waals surface area contributed by atoms with Crippen LogP contribution in [0, 0.1) is 0 Å². The molecule has 33 heavy (non-hydrogen) atoms. The van der Waals surface area contributed by atoms with Crippen molar-refractivity contribution in [3.05, 3.63) is 76.9 Å². The van der Waals surface area contributed by atoms with Crippen molar-refractivity contribution in [3.63, 3.8) is 0 Å². The smallest absolute Gasteiger partial charge is 0.255 e. The number of benzene rings is 3. The summed E-state index contributed by atoms with van der Waals surface area (Å²) in [5.41, 5.74) is 4.11. The standard InChI is InChI=1S/C24H20ClN3O4S/c1-33(30,31)19-5-6-20(21(25)12-19)24(29)28-8-9-32-23-7-4-15(10-18(23)14-28)16-2-3-17-13-26-27-22(17)11-16/h2-7,10-13H,8-9,14H2,1H3,(H,26,27). The van der Waals surface area contributed by atoms with E-state index in [1.54, 1.807) is 11.1 Å². The average molecular weight is 482 g/mol. The van der Waals surface area contributed by atoms with Crippen LogP contribution in [0.5, 0.6) is 5.75 Å². The van der Waals surface area contributed by atoms with Crippen molar-refractivity contribution in [2.45, 2.75) is 11.4 Å². The molecule has 0 fully saturated rings. The van der Waals surface area contributed by atoms with E-state index in [0.29, 0.717) is 19.7 Å². The monoisotopic (exact) mass is 481 g/mol. The Morgan fingerprint density at radius 1 is 1.09 bits per heavy atom. The first kappa shape index (κ1) is 21.5. The van der Waals surface area contributed by atoms with Gasteiger partial charge < -0.3 is 9.64 Å². The van der Waals surface area contributed by atoms with E-state index in [-0.39, 0.29) is 21.4 Å². The first-order valence-corrected chi connectivity index (χ1v) is 12.5. The molecule has 9 heteroatoms. The van der Waals surface area contributed by atoms with Crippen LogP contribution in [0.4, 0.5) is 0 Å². The topological polar surface area (TPSA) is 92.4 Å². The molecule has 1 aliphatic heterocycles. The van der Waals surface area contributed by atoms with Crippen LogP contribution in [0.1, 0.15) is 15.9 Å². The van der Waals surface area contributed by atoms with Gasteiger partial charge in [-0.25, -0.2) is 8.42 Å². The quantitative estimate of drug-likeness (QED) is 0.470. The molecule has 0 unspecified atom stereocenters. The van der Waals surface area contributed by atoms with Crippen molar-refractivity contribution < 1.29 is 17.9 Å². The van der Waals surface area contributed by atoms with Gasteiger partial charge in [0.1, 0.15) is 12.4 Å². The highest BCUT2D eigenvalue weighted by molar-refractivity contribution is 7.90. The second-order valence-corrected chi connectivity index (χ2v) is 10.4. The summed E-state index contributed by atoms with van der Waals surface area (Å²) in [5.74, 6) is 0.455. The lowest BCUT2D eigenvalue weighted by molar-refractivity contribution is 0.0733. The molecular formula is C24H20ClN3O4S. The number of hydrogen-bond acceptors (Lipinski definition) is 5. The van der Waals surface area contributed by atoms with Gasteiger partial charge >= 0.3 is 0 Å². The largest absolute Gasteiger partial charge is 0.491 e. The number of carbonyl (C=O) groups excluding carboxylic acids is 1. The highest BCUT2D eigenvalue weighted by atomic mass is 35.5. The van der Waals surface area contributed by atoms with E-state index in [0.717, 1.165) is 39.6 Å². The number of carbonyl (C=O) groups is 1. The number of ether oxygens (including phenoxy) is 1. The van der Waals surface area contributed by atoms with Crippen molar-refractivity contribution in [3.8, 4) is 16.9 Å². The predicted molar refractivity (Wildman–Crippen MR) is 126 cm³/mol. The van der Waals surface area contributed by atoms with Gasteiger partial charge in [0.2, 0.25) is 0 Å². The van der Waals surface area contributed by atoms with Gasteiger partial charge in [-0.3, -0.25) is 9.89 Å². The fraction of sp³-hybridized carbons (Fsp3) is 0.167. The Hall–Kier alpha value is -3.36. The molecule has 0 spiro atoms. The molecule has 0 saturated carbocycles. The zero-order valence-corrected chi connectivity index (χ0v) is 19.3. The van der Waals surface area contributed by atoms with E-state index in [4.69, 9.17) is 16.3 Å². The summed E-state index contributed by atoms with van der Waals surface area (Å²) >= 11 is 6.28. The Kier molecular flexibility index (Phi) is 5.34. The van der Waals surface area contributed by atoms with Gasteiger partial charge in [-0.1, -0.05) is 29.8 Å². The maximum Gasteiger partial charge on any atom is 0.255 e.